The van der Waals surface area contributed by atoms with Gasteiger partial charge in [0.2, 0.25) is 5.91 Å². The Morgan fingerprint density at radius 3 is 3.04 bits per heavy atom. The van der Waals surface area contributed by atoms with Gasteiger partial charge in [0.15, 0.2) is 0 Å². The standard InChI is InChI=1S/C18H27N3O2S2/c22-17(6-2-1-5-16-7-13-24-25-16)20-14-15-4-3-8-19-18(15)21-9-11-23-12-10-21/h3-4,8,16H,1-2,5-7,9-14H2,(H,20,22). The number of rotatable bonds is 8. The molecule has 0 saturated carbocycles. The van der Waals surface area contributed by atoms with Crippen LogP contribution in [0, 0.1) is 0 Å². The summed E-state index contributed by atoms with van der Waals surface area (Å²) in [7, 11) is 4.00. The van der Waals surface area contributed by atoms with Gasteiger partial charge in [0, 0.05) is 48.8 Å². The minimum atomic E-state index is 0.144. The summed E-state index contributed by atoms with van der Waals surface area (Å²) in [6.07, 6.45) is 7.14. The lowest BCUT2D eigenvalue weighted by Crippen LogP contribution is -2.37. The summed E-state index contributed by atoms with van der Waals surface area (Å²) >= 11 is 0. The molecule has 2 aliphatic rings. The lowest BCUT2D eigenvalue weighted by molar-refractivity contribution is -0.121. The first-order valence-corrected chi connectivity index (χ1v) is 11.5. The molecule has 7 heteroatoms. The van der Waals surface area contributed by atoms with Crippen LogP contribution in [0.5, 0.6) is 0 Å². The molecule has 1 aromatic rings. The maximum absolute atomic E-state index is 12.1. The maximum atomic E-state index is 12.1. The second-order valence-corrected chi connectivity index (χ2v) is 9.22. The predicted octanol–water partition coefficient (Wildman–Crippen LogP) is 3.25. The van der Waals surface area contributed by atoms with Crippen molar-refractivity contribution in [1.29, 1.82) is 0 Å². The third kappa shape index (κ3) is 6.08. The highest BCUT2D eigenvalue weighted by atomic mass is 33.1. The van der Waals surface area contributed by atoms with E-state index in [0.29, 0.717) is 13.0 Å². The van der Waals surface area contributed by atoms with Crippen LogP contribution in [0.4, 0.5) is 5.82 Å². The van der Waals surface area contributed by atoms with Gasteiger partial charge in [-0.2, -0.15) is 0 Å². The van der Waals surface area contributed by atoms with Gasteiger partial charge in [0.1, 0.15) is 5.82 Å². The molecule has 1 amide bonds. The summed E-state index contributed by atoms with van der Waals surface area (Å²) in [5.41, 5.74) is 1.08. The topological polar surface area (TPSA) is 54.5 Å². The molecule has 3 heterocycles. The van der Waals surface area contributed by atoms with E-state index in [1.807, 2.05) is 39.9 Å². The average Bonchev–Trinajstić information content (AvgIpc) is 3.18. The second kappa shape index (κ2) is 10.3. The Balaban J connectivity index is 1.39. The molecule has 0 radical (unpaired) electrons. The van der Waals surface area contributed by atoms with Gasteiger partial charge in [-0.25, -0.2) is 4.98 Å². The van der Waals surface area contributed by atoms with E-state index in [1.54, 1.807) is 0 Å². The molecule has 1 unspecified atom stereocenters. The smallest absolute Gasteiger partial charge is 0.220 e. The van der Waals surface area contributed by atoms with Gasteiger partial charge >= 0.3 is 0 Å². The van der Waals surface area contributed by atoms with E-state index in [-0.39, 0.29) is 5.91 Å². The molecule has 1 N–H and O–H groups in total. The van der Waals surface area contributed by atoms with E-state index < -0.39 is 0 Å². The molecule has 3 rings (SSSR count). The van der Waals surface area contributed by atoms with Crippen molar-refractivity contribution in [2.24, 2.45) is 0 Å². The SMILES string of the molecule is O=C(CCCCC1CCSS1)NCc1cccnc1N1CCOCC1. The van der Waals surface area contributed by atoms with Crippen LogP contribution in [0.15, 0.2) is 18.3 Å². The van der Waals surface area contributed by atoms with Gasteiger partial charge in [0.25, 0.3) is 0 Å². The van der Waals surface area contributed by atoms with E-state index >= 15 is 0 Å². The fraction of sp³-hybridized carbons (Fsp3) is 0.667. The molecule has 2 aliphatic heterocycles. The van der Waals surface area contributed by atoms with Crippen LogP contribution >= 0.6 is 21.6 Å². The maximum Gasteiger partial charge on any atom is 0.220 e. The van der Waals surface area contributed by atoms with Gasteiger partial charge in [-0.15, -0.1) is 0 Å². The molecular formula is C18H27N3O2S2. The van der Waals surface area contributed by atoms with E-state index in [2.05, 4.69) is 15.2 Å². The molecule has 1 atom stereocenters. The Kier molecular flexibility index (Phi) is 7.76. The molecule has 0 aromatic carbocycles. The van der Waals surface area contributed by atoms with Crippen molar-refractivity contribution in [2.45, 2.75) is 43.9 Å². The summed E-state index contributed by atoms with van der Waals surface area (Å²) in [5.74, 6) is 2.40. The fourth-order valence-corrected chi connectivity index (χ4v) is 6.16. The number of hydrogen-bond donors (Lipinski definition) is 1. The monoisotopic (exact) mass is 381 g/mol. The fourth-order valence-electron chi connectivity index (χ4n) is 3.13. The van der Waals surface area contributed by atoms with Gasteiger partial charge in [-0.05, 0) is 25.3 Å². The van der Waals surface area contributed by atoms with Crippen molar-refractivity contribution >= 4 is 33.3 Å². The number of aromatic nitrogens is 1. The van der Waals surface area contributed by atoms with Gasteiger partial charge in [-0.3, -0.25) is 4.79 Å². The highest BCUT2D eigenvalue weighted by molar-refractivity contribution is 8.77. The number of hydrogen-bond acceptors (Lipinski definition) is 6. The van der Waals surface area contributed by atoms with Crippen molar-refractivity contribution in [3.05, 3.63) is 23.9 Å². The van der Waals surface area contributed by atoms with Crippen molar-refractivity contribution < 1.29 is 9.53 Å². The molecule has 0 aliphatic carbocycles. The first kappa shape index (κ1) is 18.9. The number of pyridine rings is 1. The minimum Gasteiger partial charge on any atom is -0.378 e. The van der Waals surface area contributed by atoms with Crippen LogP contribution in [0.25, 0.3) is 0 Å². The predicted molar refractivity (Wildman–Crippen MR) is 106 cm³/mol. The highest BCUT2D eigenvalue weighted by Gasteiger charge is 2.17. The lowest BCUT2D eigenvalue weighted by Gasteiger charge is -2.29. The molecule has 2 fully saturated rings. The van der Waals surface area contributed by atoms with Gasteiger partial charge < -0.3 is 15.0 Å². The number of nitrogens with one attached hydrogen (secondary N) is 1. The largest absolute Gasteiger partial charge is 0.378 e. The third-order valence-electron chi connectivity index (χ3n) is 4.56. The summed E-state index contributed by atoms with van der Waals surface area (Å²) in [6, 6.07) is 3.98. The third-order valence-corrected chi connectivity index (χ3v) is 7.57. The zero-order valence-electron chi connectivity index (χ0n) is 14.6. The van der Waals surface area contributed by atoms with Crippen molar-refractivity contribution in [3.63, 3.8) is 0 Å². The highest BCUT2D eigenvalue weighted by Crippen LogP contribution is 2.39. The summed E-state index contributed by atoms with van der Waals surface area (Å²) in [6.45, 7) is 3.74. The number of carbonyl (C=O) groups is 1. The zero-order chi connectivity index (χ0) is 17.3. The molecule has 2 saturated heterocycles. The number of ether oxygens (including phenoxy) is 1. The van der Waals surface area contributed by atoms with E-state index in [1.165, 1.54) is 18.6 Å². The number of carbonyl (C=O) groups excluding carboxylic acids is 1. The first-order valence-electron chi connectivity index (χ1n) is 9.14. The zero-order valence-corrected chi connectivity index (χ0v) is 16.2. The van der Waals surface area contributed by atoms with Gasteiger partial charge in [-0.1, -0.05) is 34.1 Å². The number of morpholine rings is 1. The van der Waals surface area contributed by atoms with Crippen LogP contribution in [0.3, 0.4) is 0 Å². The Morgan fingerprint density at radius 2 is 2.24 bits per heavy atom. The summed E-state index contributed by atoms with van der Waals surface area (Å²) in [5, 5.41) is 3.87. The summed E-state index contributed by atoms with van der Waals surface area (Å²) in [4.78, 5) is 18.9. The Labute approximate surface area is 158 Å². The molecule has 1 aromatic heterocycles. The van der Waals surface area contributed by atoms with Crippen molar-refractivity contribution in [2.75, 3.05) is 37.0 Å². The second-order valence-electron chi connectivity index (χ2n) is 6.44. The Hall–Kier alpha value is -0.920. The minimum absolute atomic E-state index is 0.144. The van der Waals surface area contributed by atoms with E-state index in [0.717, 1.165) is 55.8 Å². The number of nitrogens with zero attached hydrogens (tertiary/aromatic N) is 2. The quantitative estimate of drug-likeness (QED) is 0.551. The average molecular weight is 382 g/mol. The molecule has 0 bridgehead atoms. The van der Waals surface area contributed by atoms with Crippen molar-refractivity contribution in [1.82, 2.24) is 10.3 Å². The Morgan fingerprint density at radius 1 is 1.36 bits per heavy atom. The van der Waals surface area contributed by atoms with Crippen LogP contribution in [0.1, 0.15) is 37.7 Å². The summed E-state index contributed by atoms with van der Waals surface area (Å²) < 4.78 is 5.41. The van der Waals surface area contributed by atoms with Crippen LogP contribution in [-0.4, -0.2) is 48.2 Å². The number of unbranched alkanes of at least 4 members (excludes halogenated alkanes) is 1. The van der Waals surface area contributed by atoms with Crippen LogP contribution < -0.4 is 10.2 Å². The van der Waals surface area contributed by atoms with Crippen LogP contribution in [-0.2, 0) is 16.1 Å². The van der Waals surface area contributed by atoms with Crippen molar-refractivity contribution in [3.8, 4) is 0 Å². The molecule has 25 heavy (non-hydrogen) atoms. The molecule has 0 spiro atoms. The molecule has 138 valence electrons. The first-order chi connectivity index (χ1) is 12.3. The normalized spacial score (nSPS) is 20.6. The van der Waals surface area contributed by atoms with Crippen LogP contribution in [0.2, 0.25) is 0 Å². The van der Waals surface area contributed by atoms with Gasteiger partial charge in [0.05, 0.1) is 13.2 Å². The van der Waals surface area contributed by atoms with E-state index in [9.17, 15) is 4.79 Å². The molecular weight excluding hydrogens is 354 g/mol. The lowest BCUT2D eigenvalue weighted by atomic mass is 10.1. The number of anilines is 1. The molecule has 5 nitrogen and oxygen atoms in total. The van der Waals surface area contributed by atoms with E-state index in [4.69, 9.17) is 4.74 Å². The number of amides is 1. The Bertz CT molecular complexity index is 547.